The van der Waals surface area contributed by atoms with E-state index in [0.29, 0.717) is 42.8 Å². The maximum absolute atomic E-state index is 12.0. The molecule has 0 atom stereocenters. The number of hydrogen-bond donors (Lipinski definition) is 3. The molecular formula is C15H24ClIN4O2. The molecular weight excluding hydrogens is 431 g/mol. The zero-order chi connectivity index (χ0) is 16.2. The first-order valence-corrected chi connectivity index (χ1v) is 7.60. The molecule has 3 N–H and O–H groups in total. The Morgan fingerprint density at radius 2 is 1.91 bits per heavy atom. The van der Waals surface area contributed by atoms with Crippen LogP contribution in [0.5, 0.6) is 0 Å². The molecule has 130 valence electrons. The third-order valence-electron chi connectivity index (χ3n) is 2.73. The minimum Gasteiger partial charge on any atom is -0.383 e. The van der Waals surface area contributed by atoms with E-state index >= 15 is 0 Å². The lowest BCUT2D eigenvalue weighted by atomic mass is 10.2. The van der Waals surface area contributed by atoms with Gasteiger partial charge in [-0.25, -0.2) is 0 Å². The average molecular weight is 455 g/mol. The van der Waals surface area contributed by atoms with Crippen LogP contribution in [-0.2, 0) is 4.74 Å². The average Bonchev–Trinajstić information content (AvgIpc) is 2.52. The van der Waals surface area contributed by atoms with E-state index < -0.39 is 0 Å². The Balaban J connectivity index is 0.00000484. The highest BCUT2D eigenvalue weighted by atomic mass is 127. The number of amides is 1. The van der Waals surface area contributed by atoms with Crippen LogP contribution in [0, 0.1) is 0 Å². The lowest BCUT2D eigenvalue weighted by Gasteiger charge is -2.12. The fourth-order valence-electron chi connectivity index (χ4n) is 1.69. The van der Waals surface area contributed by atoms with Crippen LogP contribution in [0.15, 0.2) is 29.3 Å². The van der Waals surface area contributed by atoms with Gasteiger partial charge in [-0.05, 0) is 19.1 Å². The van der Waals surface area contributed by atoms with Crippen molar-refractivity contribution in [2.24, 2.45) is 4.99 Å². The molecule has 8 heteroatoms. The summed E-state index contributed by atoms with van der Waals surface area (Å²) < 4.78 is 4.96. The van der Waals surface area contributed by atoms with Gasteiger partial charge < -0.3 is 20.7 Å². The van der Waals surface area contributed by atoms with E-state index in [0.717, 1.165) is 6.54 Å². The van der Waals surface area contributed by atoms with E-state index in [1.54, 1.807) is 31.4 Å². The molecule has 0 saturated heterocycles. The first-order chi connectivity index (χ1) is 10.7. The highest BCUT2D eigenvalue weighted by molar-refractivity contribution is 14.0. The van der Waals surface area contributed by atoms with Crippen LogP contribution < -0.4 is 16.0 Å². The Morgan fingerprint density at radius 3 is 2.57 bits per heavy atom. The van der Waals surface area contributed by atoms with Crippen molar-refractivity contribution in [3.8, 4) is 0 Å². The number of halogens is 2. The number of benzene rings is 1. The van der Waals surface area contributed by atoms with E-state index in [1.165, 1.54) is 0 Å². The molecule has 23 heavy (non-hydrogen) atoms. The van der Waals surface area contributed by atoms with Crippen LogP contribution in [-0.4, -0.2) is 51.8 Å². The Morgan fingerprint density at radius 1 is 1.22 bits per heavy atom. The summed E-state index contributed by atoms with van der Waals surface area (Å²) in [5.74, 6) is 0.514. The monoisotopic (exact) mass is 454 g/mol. The number of carbonyl (C=O) groups is 1. The maximum atomic E-state index is 12.0. The van der Waals surface area contributed by atoms with Crippen molar-refractivity contribution in [1.29, 1.82) is 0 Å². The Bertz CT molecular complexity index is 500. The molecule has 0 unspecified atom stereocenters. The van der Waals surface area contributed by atoms with Gasteiger partial charge in [-0.1, -0.05) is 23.7 Å². The first kappa shape index (κ1) is 21.9. The molecule has 0 fully saturated rings. The molecule has 1 amide bonds. The van der Waals surface area contributed by atoms with Gasteiger partial charge in [0.1, 0.15) is 0 Å². The second-order valence-electron chi connectivity index (χ2n) is 4.42. The van der Waals surface area contributed by atoms with Crippen LogP contribution in [0.2, 0.25) is 5.02 Å². The SMILES string of the molecule is CCNC(=NCCOC)NCCNC(=O)c1ccccc1Cl.I. The number of rotatable bonds is 8. The van der Waals surface area contributed by atoms with Crippen molar-refractivity contribution in [3.05, 3.63) is 34.9 Å². The number of aliphatic imine (C=N–C) groups is 1. The van der Waals surface area contributed by atoms with Crippen LogP contribution in [0.1, 0.15) is 17.3 Å². The summed E-state index contributed by atoms with van der Waals surface area (Å²) in [6, 6.07) is 6.96. The molecule has 6 nitrogen and oxygen atoms in total. The minimum atomic E-state index is -0.186. The number of guanidine groups is 1. The van der Waals surface area contributed by atoms with Gasteiger partial charge in [0.25, 0.3) is 5.91 Å². The maximum Gasteiger partial charge on any atom is 0.252 e. The summed E-state index contributed by atoms with van der Waals surface area (Å²) in [5.41, 5.74) is 0.477. The van der Waals surface area contributed by atoms with Crippen LogP contribution in [0.4, 0.5) is 0 Å². The third kappa shape index (κ3) is 8.97. The van der Waals surface area contributed by atoms with Crippen molar-refractivity contribution >= 4 is 47.4 Å². The molecule has 0 aliphatic rings. The second-order valence-corrected chi connectivity index (χ2v) is 4.82. The number of ether oxygens (including phenoxy) is 1. The van der Waals surface area contributed by atoms with Gasteiger partial charge in [-0.3, -0.25) is 9.79 Å². The summed E-state index contributed by atoms with van der Waals surface area (Å²) >= 11 is 5.98. The molecule has 0 aliphatic heterocycles. The Labute approximate surface area is 159 Å². The number of nitrogens with one attached hydrogen (secondary N) is 3. The quantitative estimate of drug-likeness (QED) is 0.243. The van der Waals surface area contributed by atoms with Crippen molar-refractivity contribution in [2.45, 2.75) is 6.92 Å². The number of hydrogen-bond acceptors (Lipinski definition) is 3. The molecule has 0 saturated carbocycles. The molecule has 1 rings (SSSR count). The summed E-state index contributed by atoms with van der Waals surface area (Å²) in [7, 11) is 1.64. The Kier molecular flexibility index (Phi) is 12.8. The van der Waals surface area contributed by atoms with Crippen molar-refractivity contribution in [1.82, 2.24) is 16.0 Å². The van der Waals surface area contributed by atoms with E-state index in [9.17, 15) is 4.79 Å². The highest BCUT2D eigenvalue weighted by Gasteiger charge is 2.08. The molecule has 1 aromatic rings. The van der Waals surface area contributed by atoms with Crippen molar-refractivity contribution < 1.29 is 9.53 Å². The third-order valence-corrected chi connectivity index (χ3v) is 3.06. The molecule has 0 bridgehead atoms. The van der Waals surface area contributed by atoms with Crippen LogP contribution in [0.3, 0.4) is 0 Å². The largest absolute Gasteiger partial charge is 0.383 e. The molecule has 0 heterocycles. The van der Waals surface area contributed by atoms with E-state index in [2.05, 4.69) is 20.9 Å². The van der Waals surface area contributed by atoms with E-state index in [4.69, 9.17) is 16.3 Å². The summed E-state index contributed by atoms with van der Waals surface area (Å²) in [6.07, 6.45) is 0. The fraction of sp³-hybridized carbons (Fsp3) is 0.467. The van der Waals surface area contributed by atoms with E-state index in [-0.39, 0.29) is 29.9 Å². The molecule has 0 aliphatic carbocycles. The number of carbonyl (C=O) groups excluding carboxylic acids is 1. The second kappa shape index (κ2) is 13.4. The number of nitrogens with zero attached hydrogens (tertiary/aromatic N) is 1. The van der Waals surface area contributed by atoms with Gasteiger partial charge in [0.15, 0.2) is 5.96 Å². The fourth-order valence-corrected chi connectivity index (χ4v) is 1.91. The van der Waals surface area contributed by atoms with Crippen LogP contribution in [0.25, 0.3) is 0 Å². The zero-order valence-corrected chi connectivity index (χ0v) is 16.5. The van der Waals surface area contributed by atoms with Gasteiger partial charge in [0, 0.05) is 26.7 Å². The molecule has 0 aromatic heterocycles. The van der Waals surface area contributed by atoms with Gasteiger partial charge in [-0.15, -0.1) is 24.0 Å². The van der Waals surface area contributed by atoms with Crippen LogP contribution >= 0.6 is 35.6 Å². The summed E-state index contributed by atoms with van der Waals surface area (Å²) in [5, 5.41) is 9.51. The normalized spacial score (nSPS) is 10.7. The lowest BCUT2D eigenvalue weighted by molar-refractivity contribution is 0.0954. The predicted octanol–water partition coefficient (Wildman–Crippen LogP) is 1.89. The standard InChI is InChI=1S/C15H23ClN4O2.HI/c1-3-17-15(20-10-11-22-2)19-9-8-18-14(21)12-6-4-5-7-13(12)16;/h4-7H,3,8-11H2,1-2H3,(H,18,21)(H2,17,19,20);1H. The predicted molar refractivity (Wildman–Crippen MR) is 105 cm³/mol. The van der Waals surface area contributed by atoms with Gasteiger partial charge in [0.2, 0.25) is 0 Å². The van der Waals surface area contributed by atoms with Crippen molar-refractivity contribution in [3.63, 3.8) is 0 Å². The molecule has 0 spiro atoms. The highest BCUT2D eigenvalue weighted by Crippen LogP contribution is 2.14. The van der Waals surface area contributed by atoms with E-state index in [1.807, 2.05) is 6.92 Å². The lowest BCUT2D eigenvalue weighted by Crippen LogP contribution is -2.41. The minimum absolute atomic E-state index is 0. The summed E-state index contributed by atoms with van der Waals surface area (Å²) in [6.45, 7) is 4.95. The van der Waals surface area contributed by atoms with Crippen molar-refractivity contribution in [2.75, 3.05) is 39.9 Å². The molecule has 0 radical (unpaired) electrons. The van der Waals surface area contributed by atoms with Gasteiger partial charge >= 0.3 is 0 Å². The molecule has 1 aromatic carbocycles. The zero-order valence-electron chi connectivity index (χ0n) is 13.4. The first-order valence-electron chi connectivity index (χ1n) is 7.22. The Hall–Kier alpha value is -1.06. The topological polar surface area (TPSA) is 74.8 Å². The number of methoxy groups -OCH3 is 1. The summed E-state index contributed by atoms with van der Waals surface area (Å²) in [4.78, 5) is 16.3. The van der Waals surface area contributed by atoms with Gasteiger partial charge in [0.05, 0.1) is 23.7 Å². The smallest absolute Gasteiger partial charge is 0.252 e. The van der Waals surface area contributed by atoms with Gasteiger partial charge in [-0.2, -0.15) is 0 Å².